The lowest BCUT2D eigenvalue weighted by atomic mass is 9.59. The van der Waals surface area contributed by atoms with E-state index in [4.69, 9.17) is 0 Å². The molecule has 0 amide bonds. The summed E-state index contributed by atoms with van der Waals surface area (Å²) in [4.78, 5) is 3.60. The third-order valence-corrected chi connectivity index (χ3v) is 7.09. The standard InChI is InChI=1S/C21H25N/c1-19(2)14-11-12-16-17(13-9-7-8-10-15(13)22-16)18(14)20(3,4)21(19,5)6/h7-12,22H,1-6H3. The smallest absolute Gasteiger partial charge is 0.0468 e. The van der Waals surface area contributed by atoms with Crippen LogP contribution in [0.2, 0.25) is 0 Å². The highest BCUT2D eigenvalue weighted by Gasteiger charge is 2.57. The summed E-state index contributed by atoms with van der Waals surface area (Å²) in [6, 6.07) is 13.3. The maximum Gasteiger partial charge on any atom is 0.0468 e. The largest absolute Gasteiger partial charge is 0.355 e. The van der Waals surface area contributed by atoms with Crippen molar-refractivity contribution in [1.29, 1.82) is 0 Å². The summed E-state index contributed by atoms with van der Waals surface area (Å²) in [5, 5.41) is 2.78. The molecule has 0 saturated carbocycles. The van der Waals surface area contributed by atoms with E-state index in [2.05, 4.69) is 82.9 Å². The van der Waals surface area contributed by atoms with Crippen LogP contribution in [0.15, 0.2) is 36.4 Å². The van der Waals surface area contributed by atoms with Crippen LogP contribution in [-0.4, -0.2) is 4.98 Å². The summed E-state index contributed by atoms with van der Waals surface area (Å²) < 4.78 is 0. The molecule has 4 rings (SSSR count). The molecule has 1 N–H and O–H groups in total. The van der Waals surface area contributed by atoms with E-state index in [1.807, 2.05) is 0 Å². The van der Waals surface area contributed by atoms with E-state index < -0.39 is 0 Å². The Labute approximate surface area is 132 Å². The van der Waals surface area contributed by atoms with Gasteiger partial charge in [-0.1, -0.05) is 65.8 Å². The summed E-state index contributed by atoms with van der Waals surface area (Å²) in [6.07, 6.45) is 0. The number of H-pyrrole nitrogens is 1. The van der Waals surface area contributed by atoms with Gasteiger partial charge in [0.15, 0.2) is 0 Å². The first-order valence-corrected chi connectivity index (χ1v) is 8.24. The van der Waals surface area contributed by atoms with Gasteiger partial charge in [-0.25, -0.2) is 0 Å². The molecule has 0 bridgehead atoms. The molecular weight excluding hydrogens is 266 g/mol. The van der Waals surface area contributed by atoms with Gasteiger partial charge in [-0.05, 0) is 39.5 Å². The van der Waals surface area contributed by atoms with Crippen molar-refractivity contribution in [3.63, 3.8) is 0 Å². The van der Waals surface area contributed by atoms with Gasteiger partial charge in [-0.2, -0.15) is 0 Å². The predicted octanol–water partition coefficient (Wildman–Crippen LogP) is 5.92. The molecule has 0 fully saturated rings. The molecule has 1 aliphatic rings. The van der Waals surface area contributed by atoms with Crippen LogP contribution in [0.5, 0.6) is 0 Å². The van der Waals surface area contributed by atoms with Gasteiger partial charge in [-0.15, -0.1) is 0 Å². The average molecular weight is 291 g/mol. The van der Waals surface area contributed by atoms with Gasteiger partial charge < -0.3 is 4.98 Å². The zero-order valence-electron chi connectivity index (χ0n) is 14.5. The predicted molar refractivity (Wildman–Crippen MR) is 95.6 cm³/mol. The van der Waals surface area contributed by atoms with E-state index in [9.17, 15) is 0 Å². The fraction of sp³-hybridized carbons (Fsp3) is 0.429. The van der Waals surface area contributed by atoms with Gasteiger partial charge in [0, 0.05) is 21.8 Å². The van der Waals surface area contributed by atoms with Crippen molar-refractivity contribution in [3.05, 3.63) is 47.5 Å². The molecule has 0 aliphatic heterocycles. The number of hydrogen-bond acceptors (Lipinski definition) is 0. The van der Waals surface area contributed by atoms with Crippen molar-refractivity contribution >= 4 is 21.8 Å². The van der Waals surface area contributed by atoms with Crippen molar-refractivity contribution in [2.24, 2.45) is 5.41 Å². The Bertz CT molecular complexity index is 906. The Morgan fingerprint density at radius 2 is 1.41 bits per heavy atom. The van der Waals surface area contributed by atoms with Gasteiger partial charge in [-0.3, -0.25) is 0 Å². The van der Waals surface area contributed by atoms with E-state index in [0.29, 0.717) is 0 Å². The number of para-hydroxylation sites is 1. The first-order chi connectivity index (χ1) is 10.2. The van der Waals surface area contributed by atoms with E-state index in [-0.39, 0.29) is 16.2 Å². The zero-order valence-corrected chi connectivity index (χ0v) is 14.5. The van der Waals surface area contributed by atoms with Crippen LogP contribution >= 0.6 is 0 Å². The minimum atomic E-state index is 0.135. The highest BCUT2D eigenvalue weighted by atomic mass is 14.7. The molecule has 0 radical (unpaired) electrons. The summed E-state index contributed by atoms with van der Waals surface area (Å²) >= 11 is 0. The summed E-state index contributed by atoms with van der Waals surface area (Å²) in [7, 11) is 0. The Morgan fingerprint density at radius 1 is 0.727 bits per heavy atom. The lowest BCUT2D eigenvalue weighted by molar-refractivity contribution is 0.125. The molecule has 1 aromatic heterocycles. The highest BCUT2D eigenvalue weighted by molar-refractivity contribution is 6.10. The maximum atomic E-state index is 3.60. The normalized spacial score (nSPS) is 21.4. The Kier molecular flexibility index (Phi) is 2.37. The molecule has 1 aliphatic carbocycles. The topological polar surface area (TPSA) is 15.8 Å². The number of hydrogen-bond donors (Lipinski definition) is 1. The maximum absolute atomic E-state index is 3.60. The number of fused-ring (bicyclic) bond motifs is 5. The van der Waals surface area contributed by atoms with E-state index in [1.165, 1.54) is 32.9 Å². The Morgan fingerprint density at radius 3 is 2.14 bits per heavy atom. The van der Waals surface area contributed by atoms with Crippen LogP contribution < -0.4 is 0 Å². The quantitative estimate of drug-likeness (QED) is 0.529. The van der Waals surface area contributed by atoms with Crippen LogP contribution in [0.1, 0.15) is 52.7 Å². The zero-order chi connectivity index (χ0) is 15.9. The first kappa shape index (κ1) is 13.9. The van der Waals surface area contributed by atoms with E-state index in [0.717, 1.165) is 0 Å². The van der Waals surface area contributed by atoms with Gasteiger partial charge in [0.25, 0.3) is 0 Å². The molecule has 114 valence electrons. The molecule has 3 aromatic rings. The van der Waals surface area contributed by atoms with Crippen LogP contribution in [-0.2, 0) is 10.8 Å². The van der Waals surface area contributed by atoms with Crippen molar-refractivity contribution in [3.8, 4) is 0 Å². The molecule has 2 aromatic carbocycles. The molecule has 0 atom stereocenters. The molecule has 1 heterocycles. The van der Waals surface area contributed by atoms with E-state index in [1.54, 1.807) is 0 Å². The number of rotatable bonds is 0. The Hall–Kier alpha value is -1.76. The van der Waals surface area contributed by atoms with Crippen molar-refractivity contribution in [2.45, 2.75) is 52.4 Å². The molecule has 0 saturated heterocycles. The van der Waals surface area contributed by atoms with E-state index >= 15 is 0 Å². The lowest BCUT2D eigenvalue weighted by Crippen LogP contribution is -2.42. The van der Waals surface area contributed by atoms with Gasteiger partial charge in [0.1, 0.15) is 0 Å². The second-order valence-electron chi connectivity index (χ2n) is 8.46. The SMILES string of the molecule is CC1(C)c2ccc3[nH]c4ccccc4c3c2C(C)(C)C1(C)C. The molecule has 0 spiro atoms. The van der Waals surface area contributed by atoms with Gasteiger partial charge >= 0.3 is 0 Å². The van der Waals surface area contributed by atoms with Gasteiger partial charge in [0.2, 0.25) is 0 Å². The summed E-state index contributed by atoms with van der Waals surface area (Å²) in [5.74, 6) is 0. The minimum Gasteiger partial charge on any atom is -0.355 e. The number of benzene rings is 2. The molecule has 1 heteroatoms. The third-order valence-electron chi connectivity index (χ3n) is 7.09. The second kappa shape index (κ2) is 3.76. The molecule has 0 unspecified atom stereocenters. The summed E-state index contributed by atoms with van der Waals surface area (Å²) in [6.45, 7) is 14.5. The van der Waals surface area contributed by atoms with Crippen LogP contribution in [0.3, 0.4) is 0 Å². The molecular formula is C21H25N. The molecule has 1 nitrogen and oxygen atoms in total. The summed E-state index contributed by atoms with van der Waals surface area (Å²) in [5.41, 5.74) is 6.06. The lowest BCUT2D eigenvalue weighted by Gasteiger charge is -2.44. The third kappa shape index (κ3) is 1.31. The van der Waals surface area contributed by atoms with Crippen molar-refractivity contribution in [2.75, 3.05) is 0 Å². The average Bonchev–Trinajstić information content (AvgIpc) is 2.87. The van der Waals surface area contributed by atoms with Crippen LogP contribution in [0.25, 0.3) is 21.8 Å². The number of aromatic amines is 1. The fourth-order valence-corrected chi connectivity index (χ4v) is 4.54. The minimum absolute atomic E-state index is 0.135. The van der Waals surface area contributed by atoms with Gasteiger partial charge in [0.05, 0.1) is 0 Å². The first-order valence-electron chi connectivity index (χ1n) is 8.24. The monoisotopic (exact) mass is 291 g/mol. The number of nitrogens with one attached hydrogen (secondary N) is 1. The van der Waals surface area contributed by atoms with Crippen molar-refractivity contribution in [1.82, 2.24) is 4.98 Å². The Balaban J connectivity index is 2.25. The van der Waals surface area contributed by atoms with Crippen LogP contribution in [0, 0.1) is 5.41 Å². The fourth-order valence-electron chi connectivity index (χ4n) is 4.54. The number of aromatic nitrogens is 1. The highest BCUT2D eigenvalue weighted by Crippen LogP contribution is 2.63. The second-order valence-corrected chi connectivity index (χ2v) is 8.46. The van der Waals surface area contributed by atoms with Crippen molar-refractivity contribution < 1.29 is 0 Å². The molecule has 22 heavy (non-hydrogen) atoms. The van der Waals surface area contributed by atoms with Crippen LogP contribution in [0.4, 0.5) is 0 Å².